The van der Waals surface area contributed by atoms with Gasteiger partial charge in [-0.15, -0.1) is 0 Å². The largest absolute Gasteiger partial charge is 0.760 e. The van der Waals surface area contributed by atoms with Gasteiger partial charge in [-0.25, -0.2) is 4.31 Å². The molecule has 1 unspecified atom stereocenters. The maximum atomic E-state index is 10.2. The Morgan fingerprint density at radius 2 is 1.70 bits per heavy atom. The van der Waals surface area contributed by atoms with Crippen LogP contribution in [-0.4, -0.2) is 49.6 Å². The van der Waals surface area contributed by atoms with E-state index in [9.17, 15) is 8.76 Å². The van der Waals surface area contributed by atoms with Crippen LogP contribution in [0.5, 0.6) is 0 Å². The molecule has 0 aromatic rings. The molecule has 1 atom stereocenters. The average molecular weight is 168 g/mol. The van der Waals surface area contributed by atoms with E-state index in [-0.39, 0.29) is 26.3 Å². The van der Waals surface area contributed by atoms with E-state index in [0.29, 0.717) is 0 Å². The molecule has 0 heterocycles. The lowest BCUT2D eigenvalue weighted by Gasteiger charge is -2.21. The van der Waals surface area contributed by atoms with Crippen LogP contribution in [0.25, 0.3) is 0 Å². The molecule has 6 heteroatoms. The van der Waals surface area contributed by atoms with Gasteiger partial charge in [-0.05, 0) is 0 Å². The molecular formula is C4H10NO4S-. The van der Waals surface area contributed by atoms with Gasteiger partial charge >= 0.3 is 0 Å². The summed E-state index contributed by atoms with van der Waals surface area (Å²) in [5, 5.41) is 16.6. The fourth-order valence-electron chi connectivity index (χ4n) is 0.484. The zero-order valence-corrected chi connectivity index (χ0v) is 6.21. The van der Waals surface area contributed by atoms with Gasteiger partial charge < -0.3 is 14.8 Å². The van der Waals surface area contributed by atoms with Crippen molar-refractivity contribution in [2.24, 2.45) is 0 Å². The standard InChI is InChI=1S/C4H11NO4S/c6-3-1-5(2-4-7)10(8)9/h6-7H,1-4H2,(H,8,9)/p-1. The summed E-state index contributed by atoms with van der Waals surface area (Å²) in [6.07, 6.45) is 0. The minimum Gasteiger partial charge on any atom is -0.760 e. The first kappa shape index (κ1) is 9.99. The molecule has 0 aromatic heterocycles. The number of nitrogens with zero attached hydrogens (tertiary/aromatic N) is 1. The van der Waals surface area contributed by atoms with E-state index in [1.807, 2.05) is 0 Å². The molecule has 10 heavy (non-hydrogen) atoms. The molecule has 0 aliphatic carbocycles. The summed E-state index contributed by atoms with van der Waals surface area (Å²) in [6.45, 7) is -0.380. The molecule has 0 radical (unpaired) electrons. The Morgan fingerprint density at radius 1 is 1.30 bits per heavy atom. The van der Waals surface area contributed by atoms with Crippen LogP contribution >= 0.6 is 0 Å². The fraction of sp³-hybridized carbons (Fsp3) is 1.00. The average Bonchev–Trinajstić information content (AvgIpc) is 1.87. The monoisotopic (exact) mass is 168 g/mol. The SMILES string of the molecule is O=S([O-])N(CCO)CCO. The number of rotatable bonds is 5. The Balaban J connectivity index is 3.61. The van der Waals surface area contributed by atoms with Crippen molar-refractivity contribution in [3.63, 3.8) is 0 Å². The highest BCUT2D eigenvalue weighted by atomic mass is 32.2. The molecule has 5 nitrogen and oxygen atoms in total. The van der Waals surface area contributed by atoms with Gasteiger partial charge in [0.15, 0.2) is 0 Å². The Bertz CT molecular complexity index is 103. The second kappa shape index (κ2) is 5.75. The van der Waals surface area contributed by atoms with Crippen LogP contribution in [-0.2, 0) is 11.3 Å². The lowest BCUT2D eigenvalue weighted by molar-refractivity contribution is 0.215. The molecule has 0 saturated heterocycles. The molecule has 0 amide bonds. The van der Waals surface area contributed by atoms with Gasteiger partial charge in [-0.2, -0.15) is 0 Å². The van der Waals surface area contributed by atoms with E-state index in [1.165, 1.54) is 0 Å². The van der Waals surface area contributed by atoms with Crippen molar-refractivity contribution in [3.05, 3.63) is 0 Å². The Morgan fingerprint density at radius 3 is 1.90 bits per heavy atom. The lowest BCUT2D eigenvalue weighted by atomic mass is 10.6. The lowest BCUT2D eigenvalue weighted by Crippen LogP contribution is -2.31. The van der Waals surface area contributed by atoms with Gasteiger partial charge in [0.2, 0.25) is 0 Å². The summed E-state index contributed by atoms with van der Waals surface area (Å²) >= 11 is -2.34. The fourth-order valence-corrected chi connectivity index (χ4v) is 0.945. The highest BCUT2D eigenvalue weighted by Crippen LogP contribution is 1.88. The summed E-state index contributed by atoms with van der Waals surface area (Å²) in [5.74, 6) is 0. The van der Waals surface area contributed by atoms with Gasteiger partial charge in [-0.1, -0.05) is 0 Å². The molecule has 0 saturated carbocycles. The number of aliphatic hydroxyl groups excluding tert-OH is 2. The number of hydrogen-bond donors (Lipinski definition) is 2. The molecule has 0 bridgehead atoms. The van der Waals surface area contributed by atoms with E-state index < -0.39 is 11.3 Å². The molecule has 62 valence electrons. The van der Waals surface area contributed by atoms with Crippen molar-refractivity contribution in [2.45, 2.75) is 0 Å². The molecule has 2 N–H and O–H groups in total. The quantitative estimate of drug-likeness (QED) is 0.468. The first-order chi connectivity index (χ1) is 4.72. The Labute approximate surface area is 61.7 Å². The van der Waals surface area contributed by atoms with Crippen LogP contribution in [0.15, 0.2) is 0 Å². The molecule has 0 fully saturated rings. The van der Waals surface area contributed by atoms with Crippen molar-refractivity contribution in [3.8, 4) is 0 Å². The summed E-state index contributed by atoms with van der Waals surface area (Å²) in [4.78, 5) is 0. The van der Waals surface area contributed by atoms with E-state index in [2.05, 4.69) is 0 Å². The predicted octanol–water partition coefficient (Wildman–Crippen LogP) is -1.93. The number of hydrogen-bond acceptors (Lipinski definition) is 4. The highest BCUT2D eigenvalue weighted by Gasteiger charge is 2.01. The van der Waals surface area contributed by atoms with Crippen molar-refractivity contribution in [1.29, 1.82) is 0 Å². The van der Waals surface area contributed by atoms with E-state index in [0.717, 1.165) is 4.31 Å². The van der Waals surface area contributed by atoms with Crippen molar-refractivity contribution < 1.29 is 19.0 Å². The van der Waals surface area contributed by atoms with E-state index >= 15 is 0 Å². The van der Waals surface area contributed by atoms with Crippen molar-refractivity contribution >= 4 is 11.3 Å². The topological polar surface area (TPSA) is 83.8 Å². The summed E-state index contributed by atoms with van der Waals surface area (Å²) < 4.78 is 21.3. The van der Waals surface area contributed by atoms with Crippen LogP contribution in [0.4, 0.5) is 0 Å². The predicted molar refractivity (Wildman–Crippen MR) is 34.7 cm³/mol. The van der Waals surface area contributed by atoms with Crippen LogP contribution < -0.4 is 0 Å². The van der Waals surface area contributed by atoms with Crippen molar-refractivity contribution in [2.75, 3.05) is 26.3 Å². The zero-order valence-electron chi connectivity index (χ0n) is 5.39. The third kappa shape index (κ3) is 3.91. The second-order valence-corrected chi connectivity index (χ2v) is 2.54. The summed E-state index contributed by atoms with van der Waals surface area (Å²) in [6, 6.07) is 0. The minimum absolute atomic E-state index is 0.0384. The molecule has 0 rings (SSSR count). The van der Waals surface area contributed by atoms with Gasteiger partial charge in [0.05, 0.1) is 13.2 Å². The van der Waals surface area contributed by atoms with Crippen LogP contribution in [0.3, 0.4) is 0 Å². The van der Waals surface area contributed by atoms with Crippen LogP contribution in [0, 0.1) is 0 Å². The van der Waals surface area contributed by atoms with Crippen LogP contribution in [0.2, 0.25) is 0 Å². The molecule has 0 aromatic carbocycles. The maximum Gasteiger partial charge on any atom is 0.0568 e. The van der Waals surface area contributed by atoms with Crippen molar-refractivity contribution in [1.82, 2.24) is 4.31 Å². The third-order valence-electron chi connectivity index (χ3n) is 0.910. The zero-order chi connectivity index (χ0) is 7.98. The van der Waals surface area contributed by atoms with E-state index in [1.54, 1.807) is 0 Å². The minimum atomic E-state index is -2.34. The third-order valence-corrected chi connectivity index (χ3v) is 1.70. The first-order valence-electron chi connectivity index (χ1n) is 2.78. The smallest absolute Gasteiger partial charge is 0.0568 e. The van der Waals surface area contributed by atoms with Gasteiger partial charge in [-0.3, -0.25) is 4.21 Å². The molecule has 0 aliphatic rings. The summed E-state index contributed by atoms with van der Waals surface area (Å²) in [7, 11) is 0. The highest BCUT2D eigenvalue weighted by molar-refractivity contribution is 7.76. The molecule has 0 spiro atoms. The van der Waals surface area contributed by atoms with Gasteiger partial charge in [0.25, 0.3) is 0 Å². The van der Waals surface area contributed by atoms with Crippen LogP contribution in [0.1, 0.15) is 0 Å². The normalized spacial score (nSPS) is 14.0. The Hall–Kier alpha value is -0.0100. The first-order valence-corrected chi connectivity index (χ1v) is 3.81. The maximum absolute atomic E-state index is 10.2. The van der Waals surface area contributed by atoms with Gasteiger partial charge in [0.1, 0.15) is 0 Å². The second-order valence-electron chi connectivity index (χ2n) is 1.59. The summed E-state index contributed by atoms with van der Waals surface area (Å²) in [5.41, 5.74) is 0. The molecular weight excluding hydrogens is 158 g/mol. The number of aliphatic hydroxyl groups is 2. The molecule has 0 aliphatic heterocycles. The Kier molecular flexibility index (Phi) is 5.74. The van der Waals surface area contributed by atoms with Gasteiger partial charge in [0, 0.05) is 24.4 Å². The van der Waals surface area contributed by atoms with E-state index in [4.69, 9.17) is 10.2 Å².